The molecule has 2 aromatic carbocycles. The molecular weight excluding hydrogens is 789 g/mol. The van der Waals surface area contributed by atoms with Gasteiger partial charge in [0.25, 0.3) is 20.0 Å². The standard InChI is InChI=1S/2C15H19N5O7S/c2*1-24-8-9-27-10-6-4-5-7-11(10)28(22,23)20-13(21)16-12-17-14(25-2)19-15(18-12)26-3/h2*4-7H,8-9H2,1-3H3,(H2,16,17,18,19,20,21). The minimum absolute atomic E-state index is 0.0725. The van der Waals surface area contributed by atoms with Gasteiger partial charge < -0.3 is 37.9 Å². The van der Waals surface area contributed by atoms with E-state index in [0.717, 1.165) is 0 Å². The molecule has 0 bridgehead atoms. The first kappa shape index (κ1) is 44.0. The van der Waals surface area contributed by atoms with Crippen molar-refractivity contribution in [3.05, 3.63) is 48.5 Å². The summed E-state index contributed by atoms with van der Waals surface area (Å²) in [6.45, 7) is 0.816. The van der Waals surface area contributed by atoms with Gasteiger partial charge in [0, 0.05) is 14.2 Å². The monoisotopic (exact) mass is 826 g/mol. The SMILES string of the molecule is COCCOc1ccccc1S(=O)(=O)NC(=O)Nc1nc(OC)nc(OC)n1.COCCOc1ccccc1S(=O)(=O)NC(=O)Nc1nc(OC)nc(OC)n1. The largest absolute Gasteiger partial charge is 0.490 e. The topological polar surface area (TPSA) is 302 Å². The number of aromatic nitrogens is 6. The number of ether oxygens (including phenoxy) is 8. The summed E-state index contributed by atoms with van der Waals surface area (Å²) >= 11 is 0. The number of nitrogens with zero attached hydrogens (tertiary/aromatic N) is 6. The fourth-order valence-corrected chi connectivity index (χ4v) is 5.92. The fourth-order valence-electron chi connectivity index (χ4n) is 3.81. The number of anilines is 2. The van der Waals surface area contributed by atoms with Crippen molar-refractivity contribution in [1.29, 1.82) is 0 Å². The van der Waals surface area contributed by atoms with Crippen LogP contribution in [0.2, 0.25) is 0 Å². The zero-order valence-electron chi connectivity index (χ0n) is 30.7. The van der Waals surface area contributed by atoms with Crippen molar-refractivity contribution in [3.8, 4) is 35.5 Å². The zero-order chi connectivity index (χ0) is 41.1. The molecule has 2 heterocycles. The van der Waals surface area contributed by atoms with E-state index in [9.17, 15) is 26.4 Å². The molecule has 0 fully saturated rings. The molecule has 26 heteroatoms. The first-order valence-electron chi connectivity index (χ1n) is 15.6. The Bertz CT molecular complexity index is 1950. The van der Waals surface area contributed by atoms with Crippen molar-refractivity contribution < 1.29 is 64.3 Å². The van der Waals surface area contributed by atoms with Crippen molar-refractivity contribution in [2.24, 2.45) is 0 Å². The van der Waals surface area contributed by atoms with E-state index in [4.69, 9.17) is 37.9 Å². The van der Waals surface area contributed by atoms with E-state index in [1.807, 2.05) is 9.44 Å². The highest BCUT2D eigenvalue weighted by Gasteiger charge is 2.24. The van der Waals surface area contributed by atoms with Gasteiger partial charge >= 0.3 is 36.1 Å². The highest BCUT2D eigenvalue weighted by molar-refractivity contribution is 7.90. The number of urea groups is 2. The van der Waals surface area contributed by atoms with Gasteiger partial charge in [-0.2, -0.15) is 19.9 Å². The number of hydrogen-bond donors (Lipinski definition) is 4. The normalized spacial score (nSPS) is 10.8. The number of para-hydroxylation sites is 2. The number of amides is 4. The maximum Gasteiger partial charge on any atom is 0.335 e. The van der Waals surface area contributed by atoms with Crippen molar-refractivity contribution in [2.75, 3.05) is 79.7 Å². The summed E-state index contributed by atoms with van der Waals surface area (Å²) < 4.78 is 93.8. The van der Waals surface area contributed by atoms with Gasteiger partial charge in [0.15, 0.2) is 0 Å². The van der Waals surface area contributed by atoms with E-state index in [0.29, 0.717) is 0 Å². The molecule has 0 unspecified atom stereocenters. The number of sulfonamides is 2. The quantitative estimate of drug-likeness (QED) is 0.101. The van der Waals surface area contributed by atoms with Crippen LogP contribution < -0.4 is 48.5 Å². The van der Waals surface area contributed by atoms with Gasteiger partial charge in [-0.05, 0) is 24.3 Å². The van der Waals surface area contributed by atoms with Crippen LogP contribution in [0.3, 0.4) is 0 Å². The Morgan fingerprint density at radius 3 is 1.12 bits per heavy atom. The van der Waals surface area contributed by atoms with Crippen molar-refractivity contribution in [3.63, 3.8) is 0 Å². The maximum absolute atomic E-state index is 12.5. The van der Waals surface area contributed by atoms with Gasteiger partial charge in [-0.25, -0.2) is 35.9 Å². The second-order valence-electron chi connectivity index (χ2n) is 9.96. The molecule has 0 aliphatic carbocycles. The van der Waals surface area contributed by atoms with Gasteiger partial charge in [0.1, 0.15) is 34.5 Å². The summed E-state index contributed by atoms with van der Waals surface area (Å²) in [4.78, 5) is 46.5. The van der Waals surface area contributed by atoms with Crippen LogP contribution in [0.1, 0.15) is 0 Å². The maximum atomic E-state index is 12.5. The molecule has 24 nitrogen and oxygen atoms in total. The molecule has 0 spiro atoms. The third-order valence-corrected chi connectivity index (χ3v) is 8.93. The average molecular weight is 827 g/mol. The van der Waals surface area contributed by atoms with Gasteiger partial charge in [-0.3, -0.25) is 10.6 Å². The lowest BCUT2D eigenvalue weighted by molar-refractivity contribution is 0.144. The number of nitrogens with one attached hydrogen (secondary N) is 4. The summed E-state index contributed by atoms with van der Waals surface area (Å²) in [5.74, 6) is -0.381. The average Bonchev–Trinajstić information content (AvgIpc) is 3.17. The van der Waals surface area contributed by atoms with Gasteiger partial charge in [-0.15, -0.1) is 9.97 Å². The van der Waals surface area contributed by atoms with E-state index in [1.54, 1.807) is 12.1 Å². The lowest BCUT2D eigenvalue weighted by Crippen LogP contribution is -2.35. The third-order valence-electron chi connectivity index (χ3n) is 6.19. The molecule has 0 aliphatic rings. The molecule has 0 saturated carbocycles. The smallest absolute Gasteiger partial charge is 0.335 e. The summed E-state index contributed by atoms with van der Waals surface area (Å²) in [6.07, 6.45) is 0. The molecule has 0 radical (unpaired) electrons. The summed E-state index contributed by atoms with van der Waals surface area (Å²) in [6, 6.07) is 9.04. The number of hydrogen-bond acceptors (Lipinski definition) is 20. The molecule has 0 saturated heterocycles. The molecule has 304 valence electrons. The number of carbonyl (C=O) groups excluding carboxylic acids is 2. The van der Waals surface area contributed by atoms with Crippen molar-refractivity contribution in [2.45, 2.75) is 9.79 Å². The molecule has 4 amide bonds. The van der Waals surface area contributed by atoms with Crippen LogP contribution in [0.25, 0.3) is 0 Å². The third kappa shape index (κ3) is 13.5. The minimum Gasteiger partial charge on any atom is -0.490 e. The van der Waals surface area contributed by atoms with Gasteiger partial charge in [0.05, 0.1) is 41.7 Å². The molecule has 56 heavy (non-hydrogen) atoms. The number of methoxy groups -OCH3 is 6. The molecule has 0 aliphatic heterocycles. The molecule has 4 rings (SSSR count). The summed E-state index contributed by atoms with van der Waals surface area (Å²) in [7, 11) is -0.266. The Balaban J connectivity index is 0.000000300. The van der Waals surface area contributed by atoms with Crippen LogP contribution in [0.15, 0.2) is 58.3 Å². The molecule has 2 aromatic heterocycles. The molecule has 4 aromatic rings. The Hall–Kier alpha value is -6.38. The summed E-state index contributed by atoms with van der Waals surface area (Å²) in [5, 5.41) is 4.35. The van der Waals surface area contributed by atoms with Crippen LogP contribution in [0.4, 0.5) is 21.5 Å². The first-order valence-corrected chi connectivity index (χ1v) is 18.5. The molecule has 4 N–H and O–H groups in total. The van der Waals surface area contributed by atoms with E-state index in [2.05, 4.69) is 40.5 Å². The van der Waals surface area contributed by atoms with Crippen LogP contribution in [-0.4, -0.2) is 128 Å². The van der Waals surface area contributed by atoms with Gasteiger partial charge in [0.2, 0.25) is 11.9 Å². The number of benzene rings is 2. The van der Waals surface area contributed by atoms with E-state index in [-0.39, 0.29) is 83.7 Å². The second kappa shape index (κ2) is 21.5. The van der Waals surface area contributed by atoms with Crippen molar-refractivity contribution in [1.82, 2.24) is 39.3 Å². The molecular formula is C30H38N10O14S2. The van der Waals surface area contributed by atoms with E-state index < -0.39 is 32.1 Å². The predicted octanol–water partition coefficient (Wildman–Crippen LogP) is 0.849. The number of rotatable bonds is 18. The Morgan fingerprint density at radius 1 is 0.500 bits per heavy atom. The highest BCUT2D eigenvalue weighted by Crippen LogP contribution is 2.24. The molecule has 0 atom stereocenters. The van der Waals surface area contributed by atoms with Crippen LogP contribution in [0.5, 0.6) is 35.5 Å². The van der Waals surface area contributed by atoms with E-state index in [1.165, 1.54) is 79.1 Å². The fraction of sp³-hybridized carbons (Fsp3) is 0.333. The Morgan fingerprint density at radius 2 is 0.821 bits per heavy atom. The lowest BCUT2D eigenvalue weighted by atomic mass is 10.3. The van der Waals surface area contributed by atoms with Crippen LogP contribution in [-0.2, 0) is 29.5 Å². The zero-order valence-corrected chi connectivity index (χ0v) is 32.3. The first-order chi connectivity index (χ1) is 26.8. The lowest BCUT2D eigenvalue weighted by Gasteiger charge is -2.13. The van der Waals surface area contributed by atoms with Crippen molar-refractivity contribution >= 4 is 44.0 Å². The number of carbonyl (C=O) groups is 2. The second-order valence-corrected chi connectivity index (χ2v) is 13.3. The highest BCUT2D eigenvalue weighted by atomic mass is 32.2. The predicted molar refractivity (Wildman–Crippen MR) is 192 cm³/mol. The van der Waals surface area contributed by atoms with E-state index >= 15 is 0 Å². The minimum atomic E-state index is -4.24. The Labute approximate surface area is 320 Å². The summed E-state index contributed by atoms with van der Waals surface area (Å²) in [5.41, 5.74) is 0. The van der Waals surface area contributed by atoms with Crippen LogP contribution >= 0.6 is 0 Å². The Kier molecular flexibility index (Phi) is 16.9. The van der Waals surface area contributed by atoms with Crippen LogP contribution in [0, 0.1) is 0 Å². The van der Waals surface area contributed by atoms with Gasteiger partial charge in [-0.1, -0.05) is 24.3 Å².